The third kappa shape index (κ3) is 1.80. The van der Waals surface area contributed by atoms with Crippen LogP contribution in [0.2, 0.25) is 0 Å². The molecule has 1 aliphatic heterocycles. The summed E-state index contributed by atoms with van der Waals surface area (Å²) in [5.41, 5.74) is 2.85. The lowest BCUT2D eigenvalue weighted by Crippen LogP contribution is -2.51. The molecule has 2 bridgehead atoms. The molecular formula is C20H28O2. The molecule has 1 N–H and O–H groups in total. The molecule has 1 spiro atoms. The van der Waals surface area contributed by atoms with Gasteiger partial charge in [0.25, 0.3) is 0 Å². The number of hydrogen-bond donors (Lipinski definition) is 1. The summed E-state index contributed by atoms with van der Waals surface area (Å²) in [5.74, 6) is 1.13. The van der Waals surface area contributed by atoms with E-state index in [-0.39, 0.29) is 23.0 Å². The largest absolute Gasteiger partial charge is 0.392 e. The highest BCUT2D eigenvalue weighted by Gasteiger charge is 2.67. The zero-order valence-electron chi connectivity index (χ0n) is 14.0. The van der Waals surface area contributed by atoms with Crippen molar-refractivity contribution in [3.63, 3.8) is 0 Å². The Hall–Kier alpha value is -0.860. The number of aliphatic hydroxyl groups is 1. The van der Waals surface area contributed by atoms with Gasteiger partial charge in [-0.3, -0.25) is 0 Å². The van der Waals surface area contributed by atoms with Crippen LogP contribution in [-0.4, -0.2) is 17.8 Å². The van der Waals surface area contributed by atoms with E-state index in [1.165, 1.54) is 24.0 Å². The van der Waals surface area contributed by atoms with E-state index in [2.05, 4.69) is 45.0 Å². The molecule has 3 fully saturated rings. The van der Waals surface area contributed by atoms with E-state index in [9.17, 15) is 5.11 Å². The minimum absolute atomic E-state index is 0.0739. The van der Waals surface area contributed by atoms with Gasteiger partial charge in [0.1, 0.15) is 0 Å². The Morgan fingerprint density at radius 1 is 1.23 bits per heavy atom. The van der Waals surface area contributed by atoms with Crippen LogP contribution in [-0.2, 0) is 11.2 Å². The first-order chi connectivity index (χ1) is 10.5. The maximum absolute atomic E-state index is 11.0. The Labute approximate surface area is 133 Å². The van der Waals surface area contributed by atoms with Crippen LogP contribution in [0.25, 0.3) is 0 Å². The van der Waals surface area contributed by atoms with Crippen molar-refractivity contribution < 1.29 is 9.84 Å². The number of hydrogen-bond acceptors (Lipinski definition) is 2. The quantitative estimate of drug-likeness (QED) is 0.890. The highest BCUT2D eigenvalue weighted by molar-refractivity contribution is 5.28. The lowest BCUT2D eigenvalue weighted by atomic mass is 9.60. The monoisotopic (exact) mass is 300 g/mol. The lowest BCUT2D eigenvalue weighted by Gasteiger charge is -2.51. The van der Waals surface area contributed by atoms with Gasteiger partial charge in [-0.1, -0.05) is 45.0 Å². The summed E-state index contributed by atoms with van der Waals surface area (Å²) in [7, 11) is 0. The van der Waals surface area contributed by atoms with Crippen molar-refractivity contribution >= 4 is 0 Å². The van der Waals surface area contributed by atoms with E-state index in [4.69, 9.17) is 4.74 Å². The molecular weight excluding hydrogens is 272 g/mol. The molecule has 2 heteroatoms. The van der Waals surface area contributed by atoms with Crippen LogP contribution in [0.15, 0.2) is 24.3 Å². The maximum Gasteiger partial charge on any atom is 0.0859 e. The average Bonchev–Trinajstić information content (AvgIpc) is 3.02. The fourth-order valence-corrected chi connectivity index (χ4v) is 5.69. The molecule has 2 aliphatic carbocycles. The van der Waals surface area contributed by atoms with E-state index in [1.807, 2.05) is 0 Å². The molecule has 3 aliphatic rings. The minimum Gasteiger partial charge on any atom is -0.392 e. The standard InChI is InChI=1S/C20H28O2/c1-4-13-5-7-14(8-6-13)17-16-11-15-12-20(16,9-10-22-17)18(21)19(15,2)3/h5-8,15-18,21H,4,9-12H2,1-3H3/t15-,16-,17-,18-,20-/m1/s1. The molecule has 2 saturated carbocycles. The van der Waals surface area contributed by atoms with Crippen molar-refractivity contribution in [1.29, 1.82) is 0 Å². The van der Waals surface area contributed by atoms with E-state index < -0.39 is 0 Å². The number of benzene rings is 1. The molecule has 0 aromatic heterocycles. The van der Waals surface area contributed by atoms with Crippen LogP contribution < -0.4 is 0 Å². The Morgan fingerprint density at radius 2 is 1.95 bits per heavy atom. The third-order valence-corrected chi connectivity index (χ3v) is 7.15. The number of rotatable bonds is 2. The van der Waals surface area contributed by atoms with Crippen molar-refractivity contribution in [3.05, 3.63) is 35.4 Å². The van der Waals surface area contributed by atoms with Crippen molar-refractivity contribution in [2.45, 2.75) is 58.7 Å². The van der Waals surface area contributed by atoms with Gasteiger partial charge in [-0.25, -0.2) is 0 Å². The average molecular weight is 300 g/mol. The zero-order valence-corrected chi connectivity index (χ0v) is 14.0. The molecule has 1 heterocycles. The predicted molar refractivity (Wildman–Crippen MR) is 87.6 cm³/mol. The Bertz CT molecular complexity index is 562. The minimum atomic E-state index is -0.176. The van der Waals surface area contributed by atoms with Crippen molar-refractivity contribution in [2.24, 2.45) is 22.7 Å². The second-order valence-electron chi connectivity index (χ2n) is 8.34. The molecule has 4 rings (SSSR count). The molecule has 22 heavy (non-hydrogen) atoms. The van der Waals surface area contributed by atoms with Crippen molar-refractivity contribution in [3.8, 4) is 0 Å². The van der Waals surface area contributed by atoms with E-state index >= 15 is 0 Å². The first-order valence-corrected chi connectivity index (χ1v) is 8.87. The lowest BCUT2D eigenvalue weighted by molar-refractivity contribution is -0.164. The van der Waals surface area contributed by atoms with Gasteiger partial charge in [0.15, 0.2) is 0 Å². The number of aryl methyl sites for hydroxylation is 1. The molecule has 120 valence electrons. The van der Waals surface area contributed by atoms with Crippen LogP contribution in [0, 0.1) is 22.7 Å². The number of ether oxygens (including phenoxy) is 1. The van der Waals surface area contributed by atoms with Crippen LogP contribution in [0.5, 0.6) is 0 Å². The van der Waals surface area contributed by atoms with Crippen molar-refractivity contribution in [2.75, 3.05) is 6.61 Å². The summed E-state index contributed by atoms with van der Waals surface area (Å²) in [4.78, 5) is 0. The van der Waals surface area contributed by atoms with E-state index in [0.29, 0.717) is 11.8 Å². The van der Waals surface area contributed by atoms with Gasteiger partial charge in [0.2, 0.25) is 0 Å². The smallest absolute Gasteiger partial charge is 0.0859 e. The second-order valence-corrected chi connectivity index (χ2v) is 8.34. The van der Waals surface area contributed by atoms with Gasteiger partial charge in [0, 0.05) is 12.0 Å². The Morgan fingerprint density at radius 3 is 2.59 bits per heavy atom. The Balaban J connectivity index is 1.67. The summed E-state index contributed by atoms with van der Waals surface area (Å²) in [6, 6.07) is 8.94. The summed E-state index contributed by atoms with van der Waals surface area (Å²) in [5, 5.41) is 11.0. The molecule has 2 nitrogen and oxygen atoms in total. The second kappa shape index (κ2) is 4.82. The third-order valence-electron chi connectivity index (χ3n) is 7.15. The molecule has 1 saturated heterocycles. The number of aliphatic hydroxyl groups excluding tert-OH is 1. The van der Waals surface area contributed by atoms with Crippen LogP contribution in [0.3, 0.4) is 0 Å². The molecule has 5 atom stereocenters. The van der Waals surface area contributed by atoms with E-state index in [0.717, 1.165) is 19.4 Å². The summed E-state index contributed by atoms with van der Waals surface area (Å²) in [6.45, 7) is 7.49. The normalized spacial score (nSPS) is 42.4. The number of fused-ring (bicyclic) bond motifs is 1. The SMILES string of the molecule is CCc1ccc([C@H]2OCC[C@@]34C[C@@H](C[C@H]23)C(C)(C)[C@H]4O)cc1. The van der Waals surface area contributed by atoms with Gasteiger partial charge in [-0.2, -0.15) is 0 Å². The molecule has 0 unspecified atom stereocenters. The van der Waals surface area contributed by atoms with Gasteiger partial charge < -0.3 is 9.84 Å². The Kier molecular flexibility index (Phi) is 3.22. The predicted octanol–water partition coefficient (Wildman–Crippen LogP) is 4.12. The highest BCUT2D eigenvalue weighted by Crippen LogP contribution is 2.70. The first kappa shape index (κ1) is 14.7. The van der Waals surface area contributed by atoms with Crippen LogP contribution in [0.4, 0.5) is 0 Å². The summed E-state index contributed by atoms with van der Waals surface area (Å²) >= 11 is 0. The van der Waals surface area contributed by atoms with Gasteiger partial charge in [-0.15, -0.1) is 0 Å². The van der Waals surface area contributed by atoms with Crippen LogP contribution >= 0.6 is 0 Å². The molecule has 1 aromatic rings. The zero-order chi connectivity index (χ0) is 15.5. The highest BCUT2D eigenvalue weighted by atomic mass is 16.5. The topological polar surface area (TPSA) is 29.5 Å². The molecule has 0 amide bonds. The summed E-state index contributed by atoms with van der Waals surface area (Å²) in [6.07, 6.45) is 4.51. The molecule has 0 radical (unpaired) electrons. The van der Waals surface area contributed by atoms with Gasteiger partial charge in [0.05, 0.1) is 12.2 Å². The first-order valence-electron chi connectivity index (χ1n) is 8.87. The van der Waals surface area contributed by atoms with E-state index in [1.54, 1.807) is 0 Å². The van der Waals surface area contributed by atoms with Gasteiger partial charge in [-0.05, 0) is 54.1 Å². The molecule has 1 aromatic carbocycles. The fourth-order valence-electron chi connectivity index (χ4n) is 5.69. The fraction of sp³-hybridized carbons (Fsp3) is 0.700. The maximum atomic E-state index is 11.0. The van der Waals surface area contributed by atoms with Gasteiger partial charge >= 0.3 is 0 Å². The van der Waals surface area contributed by atoms with Crippen LogP contribution in [0.1, 0.15) is 57.3 Å². The summed E-state index contributed by atoms with van der Waals surface area (Å²) < 4.78 is 6.20. The van der Waals surface area contributed by atoms with Crippen molar-refractivity contribution in [1.82, 2.24) is 0 Å².